The lowest BCUT2D eigenvalue weighted by molar-refractivity contribution is 0.0950. The van der Waals surface area contributed by atoms with Gasteiger partial charge in [-0.05, 0) is 48.0 Å². The van der Waals surface area contributed by atoms with E-state index in [0.717, 1.165) is 16.9 Å². The Bertz CT molecular complexity index is 1240. The molecule has 0 saturated heterocycles. The van der Waals surface area contributed by atoms with Crippen LogP contribution in [0.4, 0.5) is 0 Å². The average molecular weight is 465 g/mol. The first-order valence-electron chi connectivity index (χ1n) is 9.69. The molecular formula is C24H18Cl2N4O2. The fraction of sp³-hybridized carbons (Fsp3) is 0.0417. The highest BCUT2D eigenvalue weighted by atomic mass is 35.5. The number of benzene rings is 3. The van der Waals surface area contributed by atoms with Crippen molar-refractivity contribution in [3.05, 3.63) is 106 Å². The molecule has 8 heteroatoms. The largest absolute Gasteiger partial charge is 0.489 e. The zero-order valence-electron chi connectivity index (χ0n) is 16.8. The molecule has 32 heavy (non-hydrogen) atoms. The van der Waals surface area contributed by atoms with E-state index in [-0.39, 0.29) is 5.69 Å². The van der Waals surface area contributed by atoms with Gasteiger partial charge >= 0.3 is 0 Å². The molecule has 6 nitrogen and oxygen atoms in total. The predicted molar refractivity (Wildman–Crippen MR) is 126 cm³/mol. The van der Waals surface area contributed by atoms with Crippen LogP contribution in [0.3, 0.4) is 0 Å². The number of halogens is 2. The topological polar surface area (TPSA) is 79.4 Å². The van der Waals surface area contributed by atoms with Crippen molar-refractivity contribution in [2.45, 2.75) is 6.61 Å². The van der Waals surface area contributed by atoms with Crippen molar-refractivity contribution in [1.82, 2.24) is 15.6 Å². The fourth-order valence-corrected chi connectivity index (χ4v) is 3.33. The highest BCUT2D eigenvalue weighted by Crippen LogP contribution is 2.22. The molecule has 160 valence electrons. The molecule has 0 spiro atoms. The van der Waals surface area contributed by atoms with E-state index in [1.807, 2.05) is 54.6 Å². The van der Waals surface area contributed by atoms with Crippen molar-refractivity contribution in [3.8, 4) is 17.0 Å². The van der Waals surface area contributed by atoms with Gasteiger partial charge in [0.05, 0.1) is 16.9 Å². The molecule has 2 N–H and O–H groups in total. The van der Waals surface area contributed by atoms with Gasteiger partial charge in [0, 0.05) is 16.1 Å². The molecule has 1 aromatic heterocycles. The standard InChI is InChI=1S/C24H18Cl2N4O2/c25-19-9-6-18(21(26)12-19)14-27-30-24(31)23-13-22(28-29-23)17-7-10-20(11-8-17)32-15-16-4-2-1-3-5-16/h1-14H,15H2,(H,28,29)(H,30,31). The van der Waals surface area contributed by atoms with Crippen LogP contribution in [0, 0.1) is 0 Å². The summed E-state index contributed by atoms with van der Waals surface area (Å²) in [4.78, 5) is 12.3. The van der Waals surface area contributed by atoms with E-state index in [0.29, 0.717) is 27.9 Å². The maximum Gasteiger partial charge on any atom is 0.289 e. The van der Waals surface area contributed by atoms with Gasteiger partial charge in [-0.3, -0.25) is 9.89 Å². The predicted octanol–water partition coefficient (Wildman–Crippen LogP) is 5.73. The molecule has 0 aliphatic heterocycles. The molecular weight excluding hydrogens is 447 g/mol. The first-order chi connectivity index (χ1) is 15.6. The summed E-state index contributed by atoms with van der Waals surface area (Å²) < 4.78 is 5.80. The molecule has 0 unspecified atom stereocenters. The van der Waals surface area contributed by atoms with Crippen LogP contribution in [-0.2, 0) is 6.61 Å². The summed E-state index contributed by atoms with van der Waals surface area (Å²) in [7, 11) is 0. The van der Waals surface area contributed by atoms with E-state index in [4.69, 9.17) is 27.9 Å². The maximum atomic E-state index is 12.3. The Morgan fingerprint density at radius 3 is 2.56 bits per heavy atom. The van der Waals surface area contributed by atoms with Gasteiger partial charge in [0.1, 0.15) is 18.1 Å². The van der Waals surface area contributed by atoms with Crippen molar-refractivity contribution in [2.75, 3.05) is 0 Å². The van der Waals surface area contributed by atoms with Gasteiger partial charge in [0.2, 0.25) is 0 Å². The number of H-pyrrole nitrogens is 1. The second kappa shape index (κ2) is 10.1. The Balaban J connectivity index is 1.35. The quantitative estimate of drug-likeness (QED) is 0.270. The minimum absolute atomic E-state index is 0.281. The molecule has 0 aliphatic rings. The van der Waals surface area contributed by atoms with E-state index in [9.17, 15) is 4.79 Å². The summed E-state index contributed by atoms with van der Waals surface area (Å²) in [5.74, 6) is 0.328. The zero-order chi connectivity index (χ0) is 22.3. The summed E-state index contributed by atoms with van der Waals surface area (Å²) in [6.07, 6.45) is 1.45. The number of aromatic amines is 1. The van der Waals surface area contributed by atoms with Gasteiger partial charge in [-0.1, -0.05) is 59.6 Å². The van der Waals surface area contributed by atoms with Gasteiger partial charge in [-0.25, -0.2) is 5.43 Å². The normalized spacial score (nSPS) is 10.9. The molecule has 0 bridgehead atoms. The lowest BCUT2D eigenvalue weighted by Gasteiger charge is -2.06. The number of rotatable bonds is 7. The van der Waals surface area contributed by atoms with E-state index < -0.39 is 5.91 Å². The highest BCUT2D eigenvalue weighted by molar-refractivity contribution is 6.36. The Labute approximate surface area is 194 Å². The van der Waals surface area contributed by atoms with Gasteiger partial charge < -0.3 is 4.74 Å². The van der Waals surface area contributed by atoms with Crippen LogP contribution in [0.25, 0.3) is 11.3 Å². The second-order valence-electron chi connectivity index (χ2n) is 6.83. The number of aromatic nitrogens is 2. The van der Waals surface area contributed by atoms with Gasteiger partial charge in [0.15, 0.2) is 0 Å². The molecule has 0 saturated carbocycles. The summed E-state index contributed by atoms with van der Waals surface area (Å²) in [6.45, 7) is 0.495. The molecule has 0 aliphatic carbocycles. The third kappa shape index (κ3) is 5.55. The van der Waals surface area contributed by atoms with Crippen molar-refractivity contribution >= 4 is 35.3 Å². The number of nitrogens with one attached hydrogen (secondary N) is 2. The zero-order valence-corrected chi connectivity index (χ0v) is 18.3. The molecule has 4 aromatic rings. The van der Waals surface area contributed by atoms with Gasteiger partial charge in [-0.2, -0.15) is 10.2 Å². The third-order valence-electron chi connectivity index (χ3n) is 4.55. The average Bonchev–Trinajstić information content (AvgIpc) is 3.31. The molecule has 0 atom stereocenters. The van der Waals surface area contributed by atoms with Crippen LogP contribution < -0.4 is 10.2 Å². The van der Waals surface area contributed by atoms with E-state index in [1.54, 1.807) is 24.3 Å². The number of hydrazone groups is 1. The van der Waals surface area contributed by atoms with Crippen LogP contribution >= 0.6 is 23.2 Å². The van der Waals surface area contributed by atoms with Crippen LogP contribution in [0.5, 0.6) is 5.75 Å². The number of carbonyl (C=O) groups is 1. The summed E-state index contributed by atoms with van der Waals surface area (Å²) >= 11 is 11.9. The smallest absolute Gasteiger partial charge is 0.289 e. The van der Waals surface area contributed by atoms with Gasteiger partial charge in [0.25, 0.3) is 5.91 Å². The Morgan fingerprint density at radius 2 is 1.81 bits per heavy atom. The molecule has 4 rings (SSSR count). The monoisotopic (exact) mass is 464 g/mol. The number of hydrogen-bond acceptors (Lipinski definition) is 4. The number of carbonyl (C=O) groups excluding carboxylic acids is 1. The number of nitrogens with zero attached hydrogens (tertiary/aromatic N) is 2. The minimum Gasteiger partial charge on any atom is -0.489 e. The maximum absolute atomic E-state index is 12.3. The fourth-order valence-electron chi connectivity index (χ4n) is 2.88. The summed E-state index contributed by atoms with van der Waals surface area (Å²) in [5, 5.41) is 11.8. The van der Waals surface area contributed by atoms with Crippen molar-refractivity contribution in [3.63, 3.8) is 0 Å². The Hall–Kier alpha value is -3.61. The molecule has 1 heterocycles. The van der Waals surface area contributed by atoms with E-state index in [1.165, 1.54) is 6.21 Å². The van der Waals surface area contributed by atoms with Crippen LogP contribution in [0.15, 0.2) is 84.0 Å². The summed E-state index contributed by atoms with van der Waals surface area (Å²) in [5.41, 5.74) is 5.94. The summed E-state index contributed by atoms with van der Waals surface area (Å²) in [6, 6.07) is 24.1. The van der Waals surface area contributed by atoms with Crippen LogP contribution in [0.2, 0.25) is 10.0 Å². The second-order valence-corrected chi connectivity index (χ2v) is 7.67. The first kappa shape index (κ1) is 21.6. The lowest BCUT2D eigenvalue weighted by Crippen LogP contribution is -2.18. The molecule has 1 amide bonds. The van der Waals surface area contributed by atoms with Crippen molar-refractivity contribution in [2.24, 2.45) is 5.10 Å². The van der Waals surface area contributed by atoms with E-state index in [2.05, 4.69) is 20.7 Å². The lowest BCUT2D eigenvalue weighted by atomic mass is 10.1. The molecule has 0 radical (unpaired) electrons. The van der Waals surface area contributed by atoms with Crippen molar-refractivity contribution < 1.29 is 9.53 Å². The first-order valence-corrected chi connectivity index (χ1v) is 10.4. The SMILES string of the molecule is O=C(NN=Cc1ccc(Cl)cc1Cl)c1cc(-c2ccc(OCc3ccccc3)cc2)n[nH]1. The van der Waals surface area contributed by atoms with E-state index >= 15 is 0 Å². The minimum atomic E-state index is -0.423. The highest BCUT2D eigenvalue weighted by Gasteiger charge is 2.11. The number of ether oxygens (including phenoxy) is 1. The van der Waals surface area contributed by atoms with Gasteiger partial charge in [-0.15, -0.1) is 0 Å². The Morgan fingerprint density at radius 1 is 1.03 bits per heavy atom. The Kier molecular flexibility index (Phi) is 6.84. The molecule has 3 aromatic carbocycles. The van der Waals surface area contributed by atoms with Crippen LogP contribution in [-0.4, -0.2) is 22.3 Å². The number of hydrogen-bond donors (Lipinski definition) is 2. The number of amides is 1. The molecule has 0 fully saturated rings. The third-order valence-corrected chi connectivity index (χ3v) is 5.12. The van der Waals surface area contributed by atoms with Crippen molar-refractivity contribution in [1.29, 1.82) is 0 Å². The van der Waals surface area contributed by atoms with Crippen LogP contribution in [0.1, 0.15) is 21.6 Å².